The number of carbonyl (C=O) groups excluding carboxylic acids is 2. The van der Waals surface area contributed by atoms with Crippen LogP contribution in [0, 0.1) is 10.1 Å². The first-order chi connectivity index (χ1) is 13.4. The lowest BCUT2D eigenvalue weighted by molar-refractivity contribution is -0.384. The molecule has 4 rings (SSSR count). The molecule has 2 aliphatic heterocycles. The van der Waals surface area contributed by atoms with Gasteiger partial charge >= 0.3 is 12.0 Å². The number of carbonyl (C=O) groups is 2. The molecule has 2 fully saturated rings. The minimum Gasteiger partial charge on any atom is -0.395 e. The summed E-state index contributed by atoms with van der Waals surface area (Å²) >= 11 is 0. The van der Waals surface area contributed by atoms with Gasteiger partial charge in [0.15, 0.2) is 6.10 Å². The van der Waals surface area contributed by atoms with Gasteiger partial charge in [-0.2, -0.15) is 0 Å². The number of nitrogens with zero attached hydrogens (tertiary/aromatic N) is 3. The molecule has 28 heavy (non-hydrogen) atoms. The summed E-state index contributed by atoms with van der Waals surface area (Å²) in [6, 6.07) is 14.9. The van der Waals surface area contributed by atoms with Crippen molar-refractivity contribution >= 4 is 17.7 Å². The summed E-state index contributed by atoms with van der Waals surface area (Å²) in [5.74, 6) is -1.91. The number of benzene rings is 2. The van der Waals surface area contributed by atoms with Gasteiger partial charge in [-0.15, -0.1) is 0 Å². The Hall–Kier alpha value is -3.46. The van der Waals surface area contributed by atoms with E-state index in [2.05, 4.69) is 0 Å². The molecule has 2 aliphatic rings. The standard InChI is InChI=1S/C19H17N3O6/c1-20-12-19(28-18(20)24)21(11-13-5-3-2-4-6-13)17(23)16(27-19)14-7-9-15(10-8-14)22(25)26/h2-10,16H,11-12H2,1H3. The zero-order chi connectivity index (χ0) is 19.9. The third kappa shape index (κ3) is 2.95. The average molecular weight is 383 g/mol. The van der Waals surface area contributed by atoms with E-state index in [0.717, 1.165) is 5.56 Å². The number of non-ortho nitro benzene ring substituents is 1. The molecule has 0 aromatic heterocycles. The molecule has 1 spiro atoms. The summed E-state index contributed by atoms with van der Waals surface area (Å²) in [6.45, 7) is 0.262. The molecular formula is C19H17N3O6. The fourth-order valence-electron chi connectivity index (χ4n) is 3.37. The van der Waals surface area contributed by atoms with E-state index in [9.17, 15) is 19.7 Å². The summed E-state index contributed by atoms with van der Waals surface area (Å²) in [4.78, 5) is 38.3. The van der Waals surface area contributed by atoms with Gasteiger partial charge in [-0.3, -0.25) is 19.8 Å². The lowest BCUT2D eigenvalue weighted by atomic mass is 10.1. The van der Waals surface area contributed by atoms with Gasteiger partial charge in [0, 0.05) is 19.2 Å². The van der Waals surface area contributed by atoms with E-state index >= 15 is 0 Å². The Balaban J connectivity index is 1.68. The fourth-order valence-corrected chi connectivity index (χ4v) is 3.37. The number of nitro groups is 1. The molecule has 2 heterocycles. The van der Waals surface area contributed by atoms with Crippen molar-refractivity contribution in [2.45, 2.75) is 18.6 Å². The molecule has 0 N–H and O–H groups in total. The first kappa shape index (κ1) is 17.9. The van der Waals surface area contributed by atoms with Crippen LogP contribution in [0.25, 0.3) is 0 Å². The molecular weight excluding hydrogens is 366 g/mol. The lowest BCUT2D eigenvalue weighted by Gasteiger charge is -2.30. The summed E-state index contributed by atoms with van der Waals surface area (Å²) < 4.78 is 11.4. The quantitative estimate of drug-likeness (QED) is 0.594. The van der Waals surface area contributed by atoms with E-state index < -0.39 is 23.0 Å². The molecule has 2 aromatic rings. The van der Waals surface area contributed by atoms with Gasteiger partial charge < -0.3 is 14.4 Å². The van der Waals surface area contributed by atoms with Crippen LogP contribution >= 0.6 is 0 Å². The van der Waals surface area contributed by atoms with Crippen LogP contribution in [0.4, 0.5) is 10.5 Å². The Morgan fingerprint density at radius 1 is 1.14 bits per heavy atom. The summed E-state index contributed by atoms with van der Waals surface area (Å²) in [6.07, 6.45) is -1.61. The average Bonchev–Trinajstić information content (AvgIpc) is 3.12. The van der Waals surface area contributed by atoms with Crippen LogP contribution in [-0.2, 0) is 20.8 Å². The van der Waals surface area contributed by atoms with Crippen molar-refractivity contribution in [2.24, 2.45) is 0 Å². The first-order valence-electron chi connectivity index (χ1n) is 8.61. The summed E-state index contributed by atoms with van der Waals surface area (Å²) in [5.41, 5.74) is 1.22. The Bertz CT molecular complexity index is 932. The Morgan fingerprint density at radius 3 is 2.39 bits per heavy atom. The van der Waals surface area contributed by atoms with Crippen LogP contribution in [0.2, 0.25) is 0 Å². The normalized spacial score (nSPS) is 24.1. The van der Waals surface area contributed by atoms with Crippen molar-refractivity contribution in [1.82, 2.24) is 9.80 Å². The third-order valence-electron chi connectivity index (χ3n) is 4.79. The minimum absolute atomic E-state index is 0.0634. The van der Waals surface area contributed by atoms with Crippen LogP contribution < -0.4 is 0 Å². The molecule has 0 aliphatic carbocycles. The van der Waals surface area contributed by atoms with Gasteiger partial charge in [-0.1, -0.05) is 30.3 Å². The molecule has 144 valence electrons. The first-order valence-corrected chi connectivity index (χ1v) is 8.61. The van der Waals surface area contributed by atoms with Gasteiger partial charge in [-0.05, 0) is 23.3 Å². The molecule has 9 nitrogen and oxygen atoms in total. The number of ether oxygens (including phenoxy) is 2. The van der Waals surface area contributed by atoms with Crippen molar-refractivity contribution in [1.29, 1.82) is 0 Å². The number of hydrogen-bond donors (Lipinski definition) is 0. The van der Waals surface area contributed by atoms with Crippen molar-refractivity contribution in [2.75, 3.05) is 13.6 Å². The molecule has 2 amide bonds. The molecule has 0 bridgehead atoms. The van der Waals surface area contributed by atoms with E-state index in [1.807, 2.05) is 30.3 Å². The van der Waals surface area contributed by atoms with Gasteiger partial charge in [0.2, 0.25) is 0 Å². The Labute approximate surface area is 160 Å². The highest BCUT2D eigenvalue weighted by Gasteiger charge is 2.60. The molecule has 2 unspecified atom stereocenters. The number of amides is 2. The molecule has 2 atom stereocenters. The van der Waals surface area contributed by atoms with Crippen molar-refractivity contribution < 1.29 is 24.0 Å². The zero-order valence-electron chi connectivity index (χ0n) is 15.0. The highest BCUT2D eigenvalue weighted by atomic mass is 16.8. The molecule has 2 aromatic carbocycles. The monoisotopic (exact) mass is 383 g/mol. The second-order valence-electron chi connectivity index (χ2n) is 6.69. The van der Waals surface area contributed by atoms with E-state index in [-0.39, 0.29) is 24.7 Å². The van der Waals surface area contributed by atoms with Crippen LogP contribution in [0.15, 0.2) is 54.6 Å². The predicted octanol–water partition coefficient (Wildman–Crippen LogP) is 2.43. The van der Waals surface area contributed by atoms with Gasteiger partial charge in [0.05, 0.1) is 11.5 Å². The number of nitro benzene ring substituents is 1. The second kappa shape index (κ2) is 6.61. The maximum Gasteiger partial charge on any atom is 0.413 e. The molecule has 0 saturated carbocycles. The SMILES string of the molecule is CN1CC2(OC1=O)OC(c1ccc([N+](=O)[O-])cc1)C(=O)N2Cc1ccccc1. The van der Waals surface area contributed by atoms with Crippen LogP contribution in [0.3, 0.4) is 0 Å². The second-order valence-corrected chi connectivity index (χ2v) is 6.69. The number of rotatable bonds is 4. The van der Waals surface area contributed by atoms with E-state index in [0.29, 0.717) is 5.56 Å². The summed E-state index contributed by atoms with van der Waals surface area (Å²) in [7, 11) is 1.56. The highest BCUT2D eigenvalue weighted by Crippen LogP contribution is 2.42. The lowest BCUT2D eigenvalue weighted by Crippen LogP contribution is -2.49. The number of hydrogen-bond acceptors (Lipinski definition) is 6. The summed E-state index contributed by atoms with van der Waals surface area (Å²) in [5, 5.41) is 10.9. The van der Waals surface area contributed by atoms with Crippen molar-refractivity contribution in [3.63, 3.8) is 0 Å². The Kier molecular flexibility index (Phi) is 4.23. The highest BCUT2D eigenvalue weighted by molar-refractivity contribution is 5.86. The zero-order valence-corrected chi connectivity index (χ0v) is 15.0. The molecule has 9 heteroatoms. The maximum absolute atomic E-state index is 13.2. The van der Waals surface area contributed by atoms with Gasteiger partial charge in [-0.25, -0.2) is 4.79 Å². The van der Waals surface area contributed by atoms with E-state index in [1.165, 1.54) is 34.1 Å². The minimum atomic E-state index is -1.54. The van der Waals surface area contributed by atoms with Crippen molar-refractivity contribution in [3.05, 3.63) is 75.8 Å². The molecule has 0 radical (unpaired) electrons. The van der Waals surface area contributed by atoms with E-state index in [4.69, 9.17) is 9.47 Å². The topological polar surface area (TPSA) is 102 Å². The largest absolute Gasteiger partial charge is 0.413 e. The van der Waals surface area contributed by atoms with Crippen LogP contribution in [0.1, 0.15) is 17.2 Å². The fraction of sp³-hybridized carbons (Fsp3) is 0.263. The van der Waals surface area contributed by atoms with Crippen LogP contribution in [0.5, 0.6) is 0 Å². The Morgan fingerprint density at radius 2 is 1.82 bits per heavy atom. The maximum atomic E-state index is 13.2. The van der Waals surface area contributed by atoms with Crippen LogP contribution in [-0.4, -0.2) is 46.2 Å². The van der Waals surface area contributed by atoms with E-state index in [1.54, 1.807) is 7.05 Å². The smallest absolute Gasteiger partial charge is 0.395 e. The molecule has 2 saturated heterocycles. The van der Waals surface area contributed by atoms with Crippen molar-refractivity contribution in [3.8, 4) is 0 Å². The van der Waals surface area contributed by atoms with Gasteiger partial charge in [0.1, 0.15) is 6.54 Å². The number of likely N-dealkylation sites (N-methyl/N-ethyl adjacent to an activating group) is 1. The third-order valence-corrected chi connectivity index (χ3v) is 4.79. The van der Waals surface area contributed by atoms with Gasteiger partial charge in [0.25, 0.3) is 11.6 Å². The predicted molar refractivity (Wildman–Crippen MR) is 95.8 cm³/mol.